The highest BCUT2D eigenvalue weighted by molar-refractivity contribution is 6.31. The van der Waals surface area contributed by atoms with Crippen LogP contribution in [0.15, 0.2) is 53.3 Å². The lowest BCUT2D eigenvalue weighted by atomic mass is 10.2. The Balaban J connectivity index is 1.82. The first-order valence-corrected chi connectivity index (χ1v) is 9.88. The summed E-state index contributed by atoms with van der Waals surface area (Å²) in [4.78, 5) is 25.0. The number of ether oxygens (including phenoxy) is 2. The Kier molecular flexibility index (Phi) is 6.91. The van der Waals surface area contributed by atoms with Crippen LogP contribution in [-0.4, -0.2) is 28.9 Å². The summed E-state index contributed by atoms with van der Waals surface area (Å²) in [6.07, 6.45) is -0.537. The van der Waals surface area contributed by atoms with E-state index in [1.807, 2.05) is 6.92 Å². The molecule has 3 aromatic rings. The number of nitrogens with one attached hydrogen (secondary N) is 1. The summed E-state index contributed by atoms with van der Waals surface area (Å²) in [7, 11) is 1.48. The second kappa shape index (κ2) is 9.61. The van der Waals surface area contributed by atoms with E-state index >= 15 is 0 Å². The molecule has 31 heavy (non-hydrogen) atoms. The third-order valence-corrected chi connectivity index (χ3v) is 4.92. The summed E-state index contributed by atoms with van der Waals surface area (Å²) in [5, 5.41) is 7.44. The van der Waals surface area contributed by atoms with Crippen molar-refractivity contribution in [3.05, 3.63) is 75.3 Å². The summed E-state index contributed by atoms with van der Waals surface area (Å²) < 4.78 is 25.3. The van der Waals surface area contributed by atoms with Crippen molar-refractivity contribution in [3.8, 4) is 17.3 Å². The predicted octanol–water partition coefficient (Wildman–Crippen LogP) is 4.14. The molecule has 1 unspecified atom stereocenters. The fourth-order valence-corrected chi connectivity index (χ4v) is 2.99. The van der Waals surface area contributed by atoms with Gasteiger partial charge in [-0.05, 0) is 49.2 Å². The zero-order valence-electron chi connectivity index (χ0n) is 17.2. The van der Waals surface area contributed by atoms with Gasteiger partial charge < -0.3 is 14.8 Å². The number of hydrogen-bond donors (Lipinski definition) is 1. The number of rotatable bonds is 7. The summed E-state index contributed by atoms with van der Waals surface area (Å²) in [6, 6.07) is 11.3. The molecule has 1 heterocycles. The maximum absolute atomic E-state index is 13.2. The van der Waals surface area contributed by atoms with Crippen LogP contribution < -0.4 is 20.3 Å². The van der Waals surface area contributed by atoms with Crippen molar-refractivity contribution in [2.24, 2.45) is 0 Å². The van der Waals surface area contributed by atoms with Gasteiger partial charge in [-0.25, -0.2) is 4.39 Å². The molecule has 0 saturated heterocycles. The van der Waals surface area contributed by atoms with Gasteiger partial charge in [0, 0.05) is 23.2 Å². The number of carbonyl (C=O) groups is 1. The van der Waals surface area contributed by atoms with Gasteiger partial charge in [-0.3, -0.25) is 9.59 Å². The minimum absolute atomic E-state index is 0.0742. The van der Waals surface area contributed by atoms with Crippen LogP contribution in [0.2, 0.25) is 5.02 Å². The highest BCUT2D eigenvalue weighted by atomic mass is 35.5. The van der Waals surface area contributed by atoms with Crippen LogP contribution in [0.4, 0.5) is 10.1 Å². The number of aryl methyl sites for hydroxylation is 1. The Bertz CT molecular complexity index is 1150. The number of nitrogens with zero attached hydrogens (tertiary/aromatic N) is 2. The van der Waals surface area contributed by atoms with Gasteiger partial charge in [0.25, 0.3) is 11.5 Å². The van der Waals surface area contributed by atoms with E-state index in [0.717, 1.165) is 10.2 Å². The van der Waals surface area contributed by atoms with Crippen molar-refractivity contribution in [1.82, 2.24) is 9.78 Å². The highest BCUT2D eigenvalue weighted by Crippen LogP contribution is 2.31. The molecule has 1 amide bonds. The smallest absolute Gasteiger partial charge is 0.271 e. The third-order valence-electron chi connectivity index (χ3n) is 4.51. The van der Waals surface area contributed by atoms with Crippen molar-refractivity contribution >= 4 is 23.2 Å². The molecule has 1 atom stereocenters. The van der Waals surface area contributed by atoms with Gasteiger partial charge in [-0.2, -0.15) is 4.68 Å². The molecule has 0 aliphatic rings. The molecule has 0 aliphatic heterocycles. The molecule has 0 saturated carbocycles. The number of aromatic nitrogens is 2. The summed E-state index contributed by atoms with van der Waals surface area (Å²) in [5.74, 6) is -0.351. The van der Waals surface area contributed by atoms with Crippen LogP contribution in [-0.2, 0) is 4.79 Å². The largest absolute Gasteiger partial charge is 0.495 e. The van der Waals surface area contributed by atoms with Crippen LogP contribution >= 0.6 is 11.6 Å². The van der Waals surface area contributed by atoms with Gasteiger partial charge in [-0.1, -0.05) is 18.5 Å². The fourth-order valence-electron chi connectivity index (χ4n) is 2.84. The number of hydrogen-bond acceptors (Lipinski definition) is 5. The second-order valence-corrected chi connectivity index (χ2v) is 7.11. The quantitative estimate of drug-likeness (QED) is 0.591. The van der Waals surface area contributed by atoms with Gasteiger partial charge in [0.2, 0.25) is 5.88 Å². The van der Waals surface area contributed by atoms with Gasteiger partial charge >= 0.3 is 0 Å². The van der Waals surface area contributed by atoms with E-state index in [1.54, 1.807) is 19.1 Å². The van der Waals surface area contributed by atoms with E-state index in [4.69, 9.17) is 21.1 Å². The van der Waals surface area contributed by atoms with Crippen molar-refractivity contribution < 1.29 is 18.7 Å². The normalized spacial score (nSPS) is 11.6. The molecule has 2 aromatic carbocycles. The van der Waals surface area contributed by atoms with Crippen LogP contribution in [0.25, 0.3) is 5.69 Å². The standard InChI is InChI=1S/C22H21ClFN3O4/c1-4-18(22(29)25-17-11-13(2)16(23)12-19(17)30-3)31-20-9-10-21(28)27(26-20)15-7-5-14(24)6-8-15/h5-12,18H,4H2,1-3H3,(H,25,29). The van der Waals surface area contributed by atoms with Gasteiger partial charge in [0.05, 0.1) is 18.5 Å². The number of anilines is 1. The average Bonchev–Trinajstić information content (AvgIpc) is 2.76. The zero-order chi connectivity index (χ0) is 22.5. The molecule has 0 radical (unpaired) electrons. The number of carbonyl (C=O) groups excluding carboxylic acids is 1. The van der Waals surface area contributed by atoms with Crippen molar-refractivity contribution in [3.63, 3.8) is 0 Å². The molecular weight excluding hydrogens is 425 g/mol. The van der Waals surface area contributed by atoms with Crippen molar-refractivity contribution in [2.45, 2.75) is 26.4 Å². The maximum Gasteiger partial charge on any atom is 0.271 e. The SMILES string of the molecule is CCC(Oc1ccc(=O)n(-c2ccc(F)cc2)n1)C(=O)Nc1cc(C)c(Cl)cc1OC. The minimum Gasteiger partial charge on any atom is -0.495 e. The van der Waals surface area contributed by atoms with Gasteiger partial charge in [0.1, 0.15) is 11.6 Å². The van der Waals surface area contributed by atoms with Crippen molar-refractivity contribution in [2.75, 3.05) is 12.4 Å². The maximum atomic E-state index is 13.2. The molecule has 7 nitrogen and oxygen atoms in total. The summed E-state index contributed by atoms with van der Waals surface area (Å²) >= 11 is 6.11. The van der Waals surface area contributed by atoms with E-state index in [-0.39, 0.29) is 5.88 Å². The Morgan fingerprint density at radius 1 is 1.23 bits per heavy atom. The van der Waals surface area contributed by atoms with E-state index in [0.29, 0.717) is 28.6 Å². The summed E-state index contributed by atoms with van der Waals surface area (Å²) in [6.45, 7) is 3.60. The fraction of sp³-hybridized carbons (Fsp3) is 0.227. The zero-order valence-corrected chi connectivity index (χ0v) is 17.9. The number of amides is 1. The van der Waals surface area contributed by atoms with Crippen LogP contribution in [0.5, 0.6) is 11.6 Å². The molecule has 0 bridgehead atoms. The predicted molar refractivity (Wildman–Crippen MR) is 116 cm³/mol. The Morgan fingerprint density at radius 3 is 2.58 bits per heavy atom. The molecule has 0 spiro atoms. The molecule has 162 valence electrons. The Labute approximate surface area is 183 Å². The molecule has 1 aromatic heterocycles. The first-order valence-electron chi connectivity index (χ1n) is 9.50. The lowest BCUT2D eigenvalue weighted by Gasteiger charge is -2.18. The number of halogens is 2. The van der Waals surface area contributed by atoms with Crippen LogP contribution in [0, 0.1) is 12.7 Å². The molecule has 9 heteroatoms. The topological polar surface area (TPSA) is 82.5 Å². The van der Waals surface area contributed by atoms with Gasteiger partial charge in [0.15, 0.2) is 6.10 Å². The van der Waals surface area contributed by atoms with Crippen molar-refractivity contribution in [1.29, 1.82) is 0 Å². The minimum atomic E-state index is -0.882. The molecular formula is C22H21ClFN3O4. The van der Waals surface area contributed by atoms with E-state index < -0.39 is 23.4 Å². The lowest BCUT2D eigenvalue weighted by molar-refractivity contribution is -0.123. The molecule has 3 rings (SSSR count). The average molecular weight is 446 g/mol. The van der Waals surface area contributed by atoms with E-state index in [1.165, 1.54) is 43.5 Å². The van der Waals surface area contributed by atoms with E-state index in [2.05, 4.69) is 10.4 Å². The monoisotopic (exact) mass is 445 g/mol. The Morgan fingerprint density at radius 2 is 1.94 bits per heavy atom. The second-order valence-electron chi connectivity index (χ2n) is 6.70. The lowest BCUT2D eigenvalue weighted by Crippen LogP contribution is -2.33. The third kappa shape index (κ3) is 5.21. The van der Waals surface area contributed by atoms with Gasteiger partial charge in [-0.15, -0.1) is 5.10 Å². The highest BCUT2D eigenvalue weighted by Gasteiger charge is 2.21. The first kappa shape index (κ1) is 22.3. The summed E-state index contributed by atoms with van der Waals surface area (Å²) in [5.41, 5.74) is 1.19. The Hall–Kier alpha value is -3.39. The van der Waals surface area contributed by atoms with Crippen LogP contribution in [0.3, 0.4) is 0 Å². The van der Waals surface area contributed by atoms with E-state index in [9.17, 15) is 14.0 Å². The first-order chi connectivity index (χ1) is 14.8. The molecule has 0 fully saturated rings. The number of methoxy groups -OCH3 is 1. The number of benzene rings is 2. The van der Waals surface area contributed by atoms with Crippen LogP contribution in [0.1, 0.15) is 18.9 Å². The molecule has 0 aliphatic carbocycles. The molecule has 1 N–H and O–H groups in total.